The van der Waals surface area contributed by atoms with Crippen LogP contribution in [0.2, 0.25) is 0 Å². The van der Waals surface area contributed by atoms with Crippen molar-refractivity contribution in [2.75, 3.05) is 0 Å². The number of cyclic esters (lactones) is 5. The largest absolute Gasteiger partial charge is 0.513 e. The second kappa shape index (κ2) is 53.1. The highest BCUT2D eigenvalue weighted by Gasteiger charge is 2.54. The Kier molecular flexibility index (Phi) is 60.0. The number of aliphatic carboxylic acids is 8. The van der Waals surface area contributed by atoms with Gasteiger partial charge in [-0.2, -0.15) is 8.42 Å². The van der Waals surface area contributed by atoms with E-state index in [-0.39, 0.29) is 24.4 Å². The zero-order valence-corrected chi connectivity index (χ0v) is 51.2. The van der Waals surface area contributed by atoms with Crippen LogP contribution in [0.3, 0.4) is 0 Å². The molecule has 3 rings (SSSR count). The van der Waals surface area contributed by atoms with Gasteiger partial charge >= 0.3 is 112 Å². The topological polar surface area (TPSA) is 672 Å². The lowest BCUT2D eigenvalue weighted by atomic mass is 9.85. The van der Waals surface area contributed by atoms with E-state index in [1.165, 1.54) is 76.2 Å². The number of carboxylic acids is 8. The molecular formula is C47H72O41S. The molecule has 1 atom stereocenters. The molecule has 3 aliphatic rings. The molecule has 89 heavy (non-hydrogen) atoms. The molecular weight excluding hydrogens is 1250 g/mol. The van der Waals surface area contributed by atoms with E-state index in [1.54, 1.807) is 13.8 Å². The maximum absolute atomic E-state index is 10.6. The molecule has 42 heteroatoms. The number of carbonyl (C=O) groups is 20. The Morgan fingerprint density at radius 1 is 0.427 bits per heavy atom. The van der Waals surface area contributed by atoms with E-state index in [0.717, 1.165) is 20.8 Å². The second-order valence-corrected chi connectivity index (χ2v) is 17.5. The number of aliphatic hydroxyl groups excluding tert-OH is 1. The molecule has 3 saturated heterocycles. The number of hydrogen-bond donors (Lipinski definition) is 11. The van der Waals surface area contributed by atoms with E-state index in [4.69, 9.17) is 73.1 Å². The Balaban J connectivity index is -0.0000000963. The minimum atomic E-state index is -4.67. The number of ether oxygens (including phenoxy) is 8. The van der Waals surface area contributed by atoms with Crippen molar-refractivity contribution in [3.63, 3.8) is 0 Å². The molecule has 11 N–H and O–H groups in total. The molecule has 0 aromatic carbocycles. The minimum absolute atomic E-state index is 0.167. The van der Waals surface area contributed by atoms with Crippen LogP contribution in [0.4, 0.5) is 0 Å². The van der Waals surface area contributed by atoms with Crippen LogP contribution in [0.25, 0.3) is 0 Å². The number of aliphatic hydroxyl groups is 1. The molecule has 0 bridgehead atoms. The van der Waals surface area contributed by atoms with Crippen molar-refractivity contribution >= 4 is 130 Å². The molecule has 1 unspecified atom stereocenters. The molecule has 512 valence electrons. The van der Waals surface area contributed by atoms with E-state index >= 15 is 0 Å². The summed E-state index contributed by atoms with van der Waals surface area (Å²) in [6.45, 7) is 24.8. The van der Waals surface area contributed by atoms with Crippen molar-refractivity contribution in [1.82, 2.24) is 0 Å². The lowest BCUT2D eigenvalue weighted by Crippen LogP contribution is -2.56. The number of rotatable bonds is 7. The van der Waals surface area contributed by atoms with Gasteiger partial charge in [0.25, 0.3) is 23.5 Å². The normalized spacial score (nSPS) is 13.7. The van der Waals surface area contributed by atoms with Crippen LogP contribution in [-0.2, 0) is 144 Å². The molecule has 0 spiro atoms. The highest BCUT2D eigenvalue weighted by Crippen LogP contribution is 2.33. The van der Waals surface area contributed by atoms with Crippen molar-refractivity contribution in [2.24, 2.45) is 5.92 Å². The zero-order valence-electron chi connectivity index (χ0n) is 50.4. The predicted octanol–water partition coefficient (Wildman–Crippen LogP) is 0.484. The number of carbonyl (C=O) groups excluding carboxylic acids is 12. The SMILES string of the molecule is C=C(C)O.CC(=O)O.CC(=O)O.CC(=O)OC(=O)CC(=O)O.CC(=O)OC(C)=O.CC(=O)OC(C)=O.CC(C)=O.CC1(C)OC(=O)C1C(=O)O.CC1(C)OC(=O)CC(=O)O1.CC1(C)OC(=O)CC(=O)O1.O=C(O)CC(=O)O.O=C(O)CC(=O)O.O=S(=O)(O)O. The van der Waals surface area contributed by atoms with E-state index in [9.17, 15) is 86.3 Å². The van der Waals surface area contributed by atoms with Gasteiger partial charge in [0, 0.05) is 76.2 Å². The van der Waals surface area contributed by atoms with Gasteiger partial charge in [-0.1, -0.05) is 6.58 Å². The third-order valence-corrected chi connectivity index (χ3v) is 5.29. The number of carboxylic acid groups (broad SMARTS) is 8. The lowest BCUT2D eigenvalue weighted by Gasteiger charge is -2.39. The first-order valence-corrected chi connectivity index (χ1v) is 24.2. The molecule has 0 aromatic heterocycles. The zero-order chi connectivity index (χ0) is 73.9. The Hall–Kier alpha value is -10.4. The summed E-state index contributed by atoms with van der Waals surface area (Å²) in [5.74, 6) is -19.0. The summed E-state index contributed by atoms with van der Waals surface area (Å²) in [6, 6.07) is 0. The quantitative estimate of drug-likeness (QED) is 0.0543. The summed E-state index contributed by atoms with van der Waals surface area (Å²) in [5, 5.41) is 69.9. The summed E-state index contributed by atoms with van der Waals surface area (Å²) in [6.07, 6.45) is -2.94. The molecule has 3 fully saturated rings. The molecule has 0 radical (unpaired) electrons. The Morgan fingerprint density at radius 3 is 0.685 bits per heavy atom. The summed E-state index contributed by atoms with van der Waals surface area (Å²) < 4.78 is 66.7. The van der Waals surface area contributed by atoms with E-state index in [0.29, 0.717) is 0 Å². The number of Topliss-reactive ketones (excluding diaryl/α,β-unsaturated/α-hetero) is 1. The van der Waals surface area contributed by atoms with Crippen LogP contribution in [0.15, 0.2) is 12.3 Å². The molecule has 0 saturated carbocycles. The van der Waals surface area contributed by atoms with Gasteiger partial charge < -0.3 is 88.6 Å². The highest BCUT2D eigenvalue weighted by atomic mass is 32.3. The van der Waals surface area contributed by atoms with E-state index in [1.807, 2.05) is 0 Å². The standard InChI is InChI=1S/3C6H8O4.C5H6O5.2C4H6O3.2C3H4O4.2C3H6O.2C2H4O2.H2O4S/c2*1-6(2)9-4(7)3-5(8)10-6;1-6(2)3(4(7)8)5(9)10-6;1-3(6)10-5(9)2-4(7)8;2*1-3(5)7-4(2)6;2*4-2(5)1-3(6)7;2*1-3(2)4;2*1-2(3)4;1-5(2,3)4/h2*3H2,1-2H3;3H,1-2H3,(H,7,8);2H2,1H3,(H,7,8);2*1-2H3;2*1H2,(H,4,5)(H,6,7);1-2H3;4H,1H2,2H3;2*1H3,(H,3,4);(H2,1,2,3,4). The molecule has 3 heterocycles. The van der Waals surface area contributed by atoms with Crippen LogP contribution in [0, 0.1) is 5.92 Å². The minimum Gasteiger partial charge on any atom is -0.513 e. The monoisotopic (exact) mass is 1320 g/mol. The van der Waals surface area contributed by atoms with Crippen molar-refractivity contribution in [1.29, 1.82) is 0 Å². The van der Waals surface area contributed by atoms with Crippen LogP contribution in [0.1, 0.15) is 143 Å². The van der Waals surface area contributed by atoms with Gasteiger partial charge in [-0.25, -0.2) is 0 Å². The molecule has 0 aromatic rings. The average molecular weight is 1330 g/mol. The Bertz CT molecular complexity index is 2250. The maximum Gasteiger partial charge on any atom is 0.394 e. The van der Waals surface area contributed by atoms with E-state index < -0.39 is 166 Å². The van der Waals surface area contributed by atoms with Crippen molar-refractivity contribution in [2.45, 2.75) is 160 Å². The summed E-state index contributed by atoms with van der Waals surface area (Å²) >= 11 is 0. The van der Waals surface area contributed by atoms with Crippen molar-refractivity contribution in [3.05, 3.63) is 12.3 Å². The third-order valence-electron chi connectivity index (χ3n) is 5.29. The van der Waals surface area contributed by atoms with Crippen molar-refractivity contribution < 1.29 is 197 Å². The second-order valence-electron chi connectivity index (χ2n) is 16.6. The van der Waals surface area contributed by atoms with Crippen molar-refractivity contribution in [3.8, 4) is 0 Å². The van der Waals surface area contributed by atoms with Gasteiger partial charge in [-0.05, 0) is 34.6 Å². The van der Waals surface area contributed by atoms with Crippen LogP contribution < -0.4 is 0 Å². The summed E-state index contributed by atoms with van der Waals surface area (Å²) in [7, 11) is -4.67. The Morgan fingerprint density at radius 2 is 0.607 bits per heavy atom. The molecule has 0 aliphatic carbocycles. The van der Waals surface area contributed by atoms with Gasteiger partial charge in [0.05, 0.1) is 5.76 Å². The first kappa shape index (κ1) is 101. The number of esters is 11. The van der Waals surface area contributed by atoms with Gasteiger partial charge in [-0.15, -0.1) is 0 Å². The fourth-order valence-electron chi connectivity index (χ4n) is 3.50. The van der Waals surface area contributed by atoms with Crippen LogP contribution >= 0.6 is 0 Å². The fourth-order valence-corrected chi connectivity index (χ4v) is 3.50. The Labute approximate surface area is 504 Å². The first-order chi connectivity index (χ1) is 39.4. The van der Waals surface area contributed by atoms with Crippen LogP contribution in [-0.4, -0.2) is 200 Å². The number of allylic oxidation sites excluding steroid dienone is 1. The molecule has 0 amide bonds. The van der Waals surface area contributed by atoms with Gasteiger partial charge in [0.1, 0.15) is 43.5 Å². The molecule has 41 nitrogen and oxygen atoms in total. The van der Waals surface area contributed by atoms with Gasteiger partial charge in [0.15, 0.2) is 5.92 Å². The number of ketones is 1. The first-order valence-electron chi connectivity index (χ1n) is 22.8. The number of hydrogen-bond acceptors (Lipinski definition) is 31. The average Bonchev–Trinajstić information content (AvgIpc) is 3.16. The van der Waals surface area contributed by atoms with E-state index in [2.05, 4.69) is 44.5 Å². The lowest BCUT2D eigenvalue weighted by molar-refractivity contribution is -0.233. The van der Waals surface area contributed by atoms with Gasteiger partial charge in [-0.3, -0.25) is 100 Å². The summed E-state index contributed by atoms with van der Waals surface area (Å²) in [5.41, 5.74) is -0.817. The van der Waals surface area contributed by atoms with Gasteiger partial charge in [0.2, 0.25) is 0 Å². The smallest absolute Gasteiger partial charge is 0.394 e. The third kappa shape index (κ3) is 121. The molecule has 3 aliphatic heterocycles. The maximum atomic E-state index is 10.6. The highest BCUT2D eigenvalue weighted by molar-refractivity contribution is 7.79. The van der Waals surface area contributed by atoms with Crippen LogP contribution in [0.5, 0.6) is 0 Å². The summed E-state index contributed by atoms with van der Waals surface area (Å²) in [4.78, 5) is 197. The fraction of sp³-hybridized carbons (Fsp3) is 0.532. The predicted molar refractivity (Wildman–Crippen MR) is 281 cm³/mol.